The Labute approximate surface area is 240 Å². The Bertz CT molecular complexity index is 1280. The molecule has 2 aliphatic rings. The summed E-state index contributed by atoms with van der Waals surface area (Å²) < 4.78 is 65.8. The molecule has 0 bridgehead atoms. The van der Waals surface area contributed by atoms with Crippen LogP contribution in [0.1, 0.15) is 44.9 Å². The number of amides is 2. The van der Waals surface area contributed by atoms with Crippen molar-refractivity contribution in [1.82, 2.24) is 9.44 Å². The van der Waals surface area contributed by atoms with E-state index >= 15 is 0 Å². The molecule has 2 saturated heterocycles. The first-order chi connectivity index (χ1) is 19.6. The number of carbonyl (C=O) groups is 2. The first-order valence-electron chi connectivity index (χ1n) is 13.6. The number of ether oxygens (including phenoxy) is 2. The zero-order valence-electron chi connectivity index (χ0n) is 22.6. The standard InChI is InChI=1S/C27H36N4O8S2/c32-26(30-20-8-12-24(13-9-20)40(34,35)28-18-22-4-2-16-38-22)6-1-7-27(33)31-21-10-14-25(15-11-21)41(36,37)29-19-23-5-3-17-39-23/h8-15,22-23,28-29H,1-7,16-19H2,(H,30,32)(H,31,33). The van der Waals surface area contributed by atoms with E-state index in [1.165, 1.54) is 48.5 Å². The molecule has 2 aliphatic heterocycles. The number of sulfonamides is 2. The molecule has 4 N–H and O–H groups in total. The summed E-state index contributed by atoms with van der Waals surface area (Å²) in [5.74, 6) is -0.620. The summed E-state index contributed by atoms with van der Waals surface area (Å²) >= 11 is 0. The van der Waals surface area contributed by atoms with E-state index in [1.54, 1.807) is 0 Å². The van der Waals surface area contributed by atoms with E-state index in [0.717, 1.165) is 25.7 Å². The van der Waals surface area contributed by atoms with E-state index in [0.29, 0.717) is 24.6 Å². The highest BCUT2D eigenvalue weighted by atomic mass is 32.2. The number of benzene rings is 2. The molecular weight excluding hydrogens is 572 g/mol. The number of nitrogens with one attached hydrogen (secondary N) is 4. The lowest BCUT2D eigenvalue weighted by molar-refractivity contribution is -0.117. The lowest BCUT2D eigenvalue weighted by Gasteiger charge is -2.12. The summed E-state index contributed by atoms with van der Waals surface area (Å²) in [6.07, 6.45) is 3.72. The van der Waals surface area contributed by atoms with Crippen molar-refractivity contribution in [3.8, 4) is 0 Å². The van der Waals surface area contributed by atoms with Crippen molar-refractivity contribution in [1.29, 1.82) is 0 Å². The molecule has 224 valence electrons. The number of hydrogen-bond donors (Lipinski definition) is 4. The molecule has 12 nitrogen and oxygen atoms in total. The van der Waals surface area contributed by atoms with Crippen molar-refractivity contribution in [2.45, 2.75) is 66.9 Å². The summed E-state index contributed by atoms with van der Waals surface area (Å²) in [5.41, 5.74) is 0.885. The van der Waals surface area contributed by atoms with Gasteiger partial charge in [-0.25, -0.2) is 26.3 Å². The molecule has 2 aromatic rings. The minimum absolute atomic E-state index is 0.0873. The van der Waals surface area contributed by atoms with Gasteiger partial charge in [0.2, 0.25) is 31.9 Å². The van der Waals surface area contributed by atoms with Crippen LogP contribution in [0.15, 0.2) is 58.3 Å². The smallest absolute Gasteiger partial charge is 0.240 e. The fourth-order valence-corrected chi connectivity index (χ4v) is 6.61. The quantitative estimate of drug-likeness (QED) is 0.253. The van der Waals surface area contributed by atoms with Gasteiger partial charge in [-0.3, -0.25) is 9.59 Å². The number of hydrogen-bond acceptors (Lipinski definition) is 8. The van der Waals surface area contributed by atoms with Crippen LogP contribution in [0.4, 0.5) is 11.4 Å². The molecule has 41 heavy (non-hydrogen) atoms. The molecule has 0 aromatic heterocycles. The van der Waals surface area contributed by atoms with Gasteiger partial charge in [0.25, 0.3) is 0 Å². The maximum atomic E-state index is 12.5. The second kappa shape index (κ2) is 14.3. The molecule has 0 radical (unpaired) electrons. The molecule has 2 unspecified atom stereocenters. The van der Waals surface area contributed by atoms with Crippen LogP contribution in [0, 0.1) is 0 Å². The maximum Gasteiger partial charge on any atom is 0.240 e. The van der Waals surface area contributed by atoms with Crippen molar-refractivity contribution < 1.29 is 35.9 Å². The van der Waals surface area contributed by atoms with Gasteiger partial charge >= 0.3 is 0 Å². The van der Waals surface area contributed by atoms with Crippen molar-refractivity contribution in [2.24, 2.45) is 0 Å². The Balaban J connectivity index is 1.15. The molecule has 0 saturated carbocycles. The van der Waals surface area contributed by atoms with E-state index in [-0.39, 0.29) is 66.2 Å². The van der Waals surface area contributed by atoms with Gasteiger partial charge in [-0.2, -0.15) is 0 Å². The Hall–Kier alpha value is -2.88. The van der Waals surface area contributed by atoms with E-state index < -0.39 is 20.0 Å². The Kier molecular flexibility index (Phi) is 10.9. The first kappa shape index (κ1) is 31.1. The zero-order chi connectivity index (χ0) is 29.3. The molecule has 2 atom stereocenters. The van der Waals surface area contributed by atoms with Gasteiger partial charge in [0, 0.05) is 50.5 Å². The van der Waals surface area contributed by atoms with Gasteiger partial charge in [0.05, 0.1) is 22.0 Å². The van der Waals surface area contributed by atoms with Gasteiger partial charge in [-0.05, 0) is 80.6 Å². The van der Waals surface area contributed by atoms with Crippen LogP contribution in [0.5, 0.6) is 0 Å². The van der Waals surface area contributed by atoms with Crippen LogP contribution in [0.2, 0.25) is 0 Å². The van der Waals surface area contributed by atoms with Crippen LogP contribution < -0.4 is 20.1 Å². The number of anilines is 2. The van der Waals surface area contributed by atoms with Crippen LogP contribution in [-0.2, 0) is 39.1 Å². The lowest BCUT2D eigenvalue weighted by Crippen LogP contribution is -2.31. The summed E-state index contributed by atoms with van der Waals surface area (Å²) in [7, 11) is -7.37. The maximum absolute atomic E-state index is 12.5. The van der Waals surface area contributed by atoms with Gasteiger partial charge in [0.15, 0.2) is 0 Å². The fraction of sp³-hybridized carbons (Fsp3) is 0.481. The van der Waals surface area contributed by atoms with Gasteiger partial charge < -0.3 is 20.1 Å². The lowest BCUT2D eigenvalue weighted by atomic mass is 10.2. The predicted octanol–water partition coefficient (Wildman–Crippen LogP) is 2.35. The van der Waals surface area contributed by atoms with Crippen molar-refractivity contribution in [2.75, 3.05) is 36.9 Å². The van der Waals surface area contributed by atoms with Crippen molar-refractivity contribution in [3.63, 3.8) is 0 Å². The predicted molar refractivity (Wildman–Crippen MR) is 152 cm³/mol. The minimum atomic E-state index is -3.68. The second-order valence-electron chi connectivity index (χ2n) is 9.97. The largest absolute Gasteiger partial charge is 0.377 e. The van der Waals surface area contributed by atoms with Gasteiger partial charge in [-0.1, -0.05) is 0 Å². The molecule has 2 fully saturated rings. The SMILES string of the molecule is O=C(CCCC(=O)Nc1ccc(S(=O)(=O)NCC2CCCO2)cc1)Nc1ccc(S(=O)(=O)NCC2CCCO2)cc1. The average molecular weight is 609 g/mol. The zero-order valence-corrected chi connectivity index (χ0v) is 24.3. The topological polar surface area (TPSA) is 169 Å². The third-order valence-electron chi connectivity index (χ3n) is 6.75. The van der Waals surface area contributed by atoms with Gasteiger partial charge in [0.1, 0.15) is 0 Å². The molecule has 2 amide bonds. The summed E-state index contributed by atoms with van der Waals surface area (Å²) in [6.45, 7) is 1.72. The molecule has 2 aromatic carbocycles. The van der Waals surface area contributed by atoms with Crippen molar-refractivity contribution in [3.05, 3.63) is 48.5 Å². The number of carbonyl (C=O) groups excluding carboxylic acids is 2. The van der Waals surface area contributed by atoms with Crippen LogP contribution in [0.25, 0.3) is 0 Å². The second-order valence-corrected chi connectivity index (χ2v) is 13.5. The Morgan fingerprint density at radius 1 is 0.659 bits per heavy atom. The van der Waals surface area contributed by atoms with Crippen LogP contribution >= 0.6 is 0 Å². The van der Waals surface area contributed by atoms with Crippen molar-refractivity contribution >= 4 is 43.2 Å². The molecule has 14 heteroatoms. The van der Waals surface area contributed by atoms with E-state index in [2.05, 4.69) is 20.1 Å². The normalized spacial score (nSPS) is 19.2. The Morgan fingerprint density at radius 2 is 1.05 bits per heavy atom. The third kappa shape index (κ3) is 9.58. The molecule has 4 rings (SSSR count). The Morgan fingerprint density at radius 3 is 1.39 bits per heavy atom. The molecule has 0 spiro atoms. The monoisotopic (exact) mass is 608 g/mol. The average Bonchev–Trinajstić information content (AvgIpc) is 3.66. The van der Waals surface area contributed by atoms with Crippen LogP contribution in [-0.4, -0.2) is 67.2 Å². The molecule has 2 heterocycles. The highest BCUT2D eigenvalue weighted by Crippen LogP contribution is 2.18. The third-order valence-corrected chi connectivity index (χ3v) is 9.63. The molecular formula is C27H36N4O8S2. The van der Waals surface area contributed by atoms with E-state index in [4.69, 9.17) is 9.47 Å². The number of rotatable bonds is 14. The van der Waals surface area contributed by atoms with E-state index in [1.807, 2.05) is 0 Å². The highest BCUT2D eigenvalue weighted by molar-refractivity contribution is 7.89. The molecule has 0 aliphatic carbocycles. The summed E-state index contributed by atoms with van der Waals surface area (Å²) in [6, 6.07) is 11.7. The summed E-state index contributed by atoms with van der Waals surface area (Å²) in [4.78, 5) is 24.8. The first-order valence-corrected chi connectivity index (χ1v) is 16.6. The fourth-order valence-electron chi connectivity index (χ4n) is 4.47. The van der Waals surface area contributed by atoms with Crippen LogP contribution in [0.3, 0.4) is 0 Å². The van der Waals surface area contributed by atoms with E-state index in [9.17, 15) is 26.4 Å². The highest BCUT2D eigenvalue weighted by Gasteiger charge is 2.21. The van der Waals surface area contributed by atoms with Gasteiger partial charge in [-0.15, -0.1) is 0 Å². The summed E-state index contributed by atoms with van der Waals surface area (Å²) in [5, 5.41) is 5.39. The minimum Gasteiger partial charge on any atom is -0.377 e.